The molecule has 0 N–H and O–H groups in total. The van der Waals surface area contributed by atoms with E-state index in [1.54, 1.807) is 0 Å². The van der Waals surface area contributed by atoms with E-state index in [1.165, 1.54) is 18.4 Å². The quantitative estimate of drug-likeness (QED) is 0.643. The van der Waals surface area contributed by atoms with Crippen molar-refractivity contribution in [3.8, 4) is 0 Å². The number of rotatable bonds is 3. The van der Waals surface area contributed by atoms with Crippen molar-refractivity contribution in [2.45, 2.75) is 18.8 Å². The number of fused-ring (bicyclic) bond motifs is 1. The number of carbonyl (C=O) groups is 2. The molecule has 0 spiro atoms. The van der Waals surface area contributed by atoms with Crippen LogP contribution in [0.1, 0.15) is 38.7 Å². The van der Waals surface area contributed by atoms with Gasteiger partial charge in [0, 0.05) is 5.56 Å². The van der Waals surface area contributed by atoms with Crippen molar-refractivity contribution in [1.82, 2.24) is 0 Å². The monoisotopic (exact) mass is 286 g/mol. The first-order chi connectivity index (χ1) is 9.72. The number of ether oxygens (including phenoxy) is 1. The first-order valence-corrected chi connectivity index (χ1v) is 7.38. The predicted molar refractivity (Wildman–Crippen MR) is 77.3 cm³/mol. The zero-order valence-electron chi connectivity index (χ0n) is 11.1. The van der Waals surface area contributed by atoms with Gasteiger partial charge in [-0.05, 0) is 35.4 Å². The number of esters is 1. The Bertz CT molecular complexity index is 658. The molecule has 1 heterocycles. The highest BCUT2D eigenvalue weighted by Crippen LogP contribution is 2.36. The summed E-state index contributed by atoms with van der Waals surface area (Å²) in [7, 11) is 1.40. The smallest absolute Gasteiger partial charge is 0.313 e. The second kappa shape index (κ2) is 5.21. The average molecular weight is 286 g/mol. The van der Waals surface area contributed by atoms with Gasteiger partial charge >= 0.3 is 5.97 Å². The van der Waals surface area contributed by atoms with Gasteiger partial charge in [-0.1, -0.05) is 24.3 Å². The molecular formula is C16H14O3S. The first kappa shape index (κ1) is 13.1. The van der Waals surface area contributed by atoms with Crippen LogP contribution in [0, 0.1) is 0 Å². The molecule has 1 aromatic heterocycles. The number of methoxy groups -OCH3 is 1. The number of carbonyl (C=O) groups excluding carboxylic acids is 2. The Morgan fingerprint density at radius 3 is 2.80 bits per heavy atom. The van der Waals surface area contributed by atoms with E-state index in [-0.39, 0.29) is 17.7 Å². The van der Waals surface area contributed by atoms with Crippen molar-refractivity contribution < 1.29 is 14.3 Å². The maximum absolute atomic E-state index is 12.5. The molecule has 3 rings (SSSR count). The van der Waals surface area contributed by atoms with Crippen LogP contribution in [-0.2, 0) is 16.0 Å². The van der Waals surface area contributed by atoms with Crippen LogP contribution < -0.4 is 0 Å². The van der Waals surface area contributed by atoms with Crippen LogP contribution >= 0.6 is 11.3 Å². The molecule has 3 nitrogen and oxygen atoms in total. The second-order valence-electron chi connectivity index (χ2n) is 4.79. The minimum Gasteiger partial charge on any atom is -0.469 e. The molecule has 1 atom stereocenters. The van der Waals surface area contributed by atoms with Crippen molar-refractivity contribution in [2.24, 2.45) is 0 Å². The molecule has 0 aliphatic heterocycles. The van der Waals surface area contributed by atoms with Crippen LogP contribution in [0.2, 0.25) is 0 Å². The van der Waals surface area contributed by atoms with Gasteiger partial charge in [-0.25, -0.2) is 0 Å². The molecule has 1 unspecified atom stereocenters. The number of hydrogen-bond donors (Lipinski definition) is 0. The van der Waals surface area contributed by atoms with Crippen LogP contribution in [0.5, 0.6) is 0 Å². The summed E-state index contributed by atoms with van der Waals surface area (Å²) in [5, 5.41) is 1.90. The van der Waals surface area contributed by atoms with E-state index in [1.807, 2.05) is 35.7 Å². The van der Waals surface area contributed by atoms with Gasteiger partial charge in [0.1, 0.15) is 0 Å². The number of hydrogen-bond acceptors (Lipinski definition) is 4. The molecule has 0 saturated heterocycles. The van der Waals surface area contributed by atoms with Crippen LogP contribution in [-0.4, -0.2) is 18.9 Å². The Hall–Kier alpha value is -1.94. The lowest BCUT2D eigenvalue weighted by molar-refractivity contribution is -0.142. The van der Waals surface area contributed by atoms with Gasteiger partial charge in [-0.3, -0.25) is 9.59 Å². The molecule has 102 valence electrons. The maximum atomic E-state index is 12.5. The molecule has 20 heavy (non-hydrogen) atoms. The second-order valence-corrected chi connectivity index (χ2v) is 5.74. The number of thiophene rings is 1. The van der Waals surface area contributed by atoms with Gasteiger partial charge in [-0.2, -0.15) is 0 Å². The fourth-order valence-electron chi connectivity index (χ4n) is 2.79. The summed E-state index contributed by atoms with van der Waals surface area (Å²) in [6.45, 7) is 0. The number of ketones is 1. The van der Waals surface area contributed by atoms with Gasteiger partial charge in [0.15, 0.2) is 0 Å². The molecule has 2 aromatic rings. The maximum Gasteiger partial charge on any atom is 0.313 e. The summed E-state index contributed by atoms with van der Waals surface area (Å²) in [6, 6.07) is 9.33. The highest BCUT2D eigenvalue weighted by Gasteiger charge is 2.32. The average Bonchev–Trinajstić information content (AvgIpc) is 3.14. The van der Waals surface area contributed by atoms with Crippen LogP contribution in [0.25, 0.3) is 0 Å². The topological polar surface area (TPSA) is 43.4 Å². The Morgan fingerprint density at radius 1 is 1.25 bits per heavy atom. The Balaban J connectivity index is 2.02. The van der Waals surface area contributed by atoms with Crippen molar-refractivity contribution in [1.29, 1.82) is 0 Å². The Kier molecular flexibility index (Phi) is 3.40. The minimum absolute atomic E-state index is 0.0439. The zero-order valence-corrected chi connectivity index (χ0v) is 11.9. The third-order valence-electron chi connectivity index (χ3n) is 3.75. The molecule has 0 fully saturated rings. The number of benzene rings is 1. The lowest BCUT2D eigenvalue weighted by Gasteiger charge is -2.10. The van der Waals surface area contributed by atoms with Crippen molar-refractivity contribution in [3.05, 3.63) is 57.3 Å². The van der Waals surface area contributed by atoms with Gasteiger partial charge in [0.2, 0.25) is 5.78 Å². The van der Waals surface area contributed by atoms with E-state index < -0.39 is 0 Å². The summed E-state index contributed by atoms with van der Waals surface area (Å²) < 4.78 is 4.84. The summed E-state index contributed by atoms with van der Waals surface area (Å²) in [5.74, 6) is -0.405. The molecule has 0 radical (unpaired) electrons. The summed E-state index contributed by atoms with van der Waals surface area (Å²) in [6.07, 6.45) is 1.47. The lowest BCUT2D eigenvalue weighted by atomic mass is 9.96. The third-order valence-corrected chi connectivity index (χ3v) is 4.61. The Labute approximate surface area is 121 Å². The van der Waals surface area contributed by atoms with E-state index in [2.05, 4.69) is 0 Å². The van der Waals surface area contributed by atoms with E-state index in [0.29, 0.717) is 0 Å². The van der Waals surface area contributed by atoms with E-state index in [0.717, 1.165) is 34.4 Å². The van der Waals surface area contributed by atoms with Crippen LogP contribution in [0.15, 0.2) is 35.7 Å². The highest BCUT2D eigenvalue weighted by atomic mass is 32.1. The van der Waals surface area contributed by atoms with Crippen molar-refractivity contribution >= 4 is 23.1 Å². The third kappa shape index (κ3) is 2.06. The molecule has 1 aliphatic carbocycles. The van der Waals surface area contributed by atoms with Crippen molar-refractivity contribution in [3.63, 3.8) is 0 Å². The fourth-order valence-corrected chi connectivity index (χ4v) is 3.47. The summed E-state index contributed by atoms with van der Waals surface area (Å²) >= 11 is 1.44. The minimum atomic E-state index is -0.230. The largest absolute Gasteiger partial charge is 0.469 e. The molecule has 4 heteroatoms. The lowest BCUT2D eigenvalue weighted by Crippen LogP contribution is -2.11. The molecule has 0 saturated carbocycles. The first-order valence-electron chi connectivity index (χ1n) is 6.50. The molecule has 0 amide bonds. The summed E-state index contributed by atoms with van der Waals surface area (Å²) in [4.78, 5) is 25.0. The summed E-state index contributed by atoms with van der Waals surface area (Å²) in [5.41, 5.74) is 2.66. The molecule has 0 bridgehead atoms. The predicted octanol–water partition coefficient (Wildman–Crippen LogP) is 3.18. The highest BCUT2D eigenvalue weighted by molar-refractivity contribution is 7.12. The molecular weight excluding hydrogens is 272 g/mol. The molecule has 1 aromatic carbocycles. The normalized spacial score (nSPS) is 16.8. The fraction of sp³-hybridized carbons (Fsp3) is 0.250. The van der Waals surface area contributed by atoms with Crippen LogP contribution in [0.4, 0.5) is 0 Å². The van der Waals surface area contributed by atoms with Gasteiger partial charge < -0.3 is 4.74 Å². The van der Waals surface area contributed by atoms with E-state index in [4.69, 9.17) is 4.74 Å². The van der Waals surface area contributed by atoms with Gasteiger partial charge in [0.05, 0.1) is 17.9 Å². The SMILES string of the molecule is COC(=O)C1CCc2c(C(=O)c3cccs3)cccc21. The van der Waals surface area contributed by atoms with Gasteiger partial charge in [-0.15, -0.1) is 11.3 Å². The van der Waals surface area contributed by atoms with E-state index >= 15 is 0 Å². The van der Waals surface area contributed by atoms with Gasteiger partial charge in [0.25, 0.3) is 0 Å². The Morgan fingerprint density at radius 2 is 2.10 bits per heavy atom. The zero-order chi connectivity index (χ0) is 14.1. The molecule has 1 aliphatic rings. The van der Waals surface area contributed by atoms with E-state index in [9.17, 15) is 9.59 Å². The van der Waals surface area contributed by atoms with Crippen LogP contribution in [0.3, 0.4) is 0 Å². The van der Waals surface area contributed by atoms with Crippen molar-refractivity contribution in [2.75, 3.05) is 7.11 Å². The standard InChI is InChI=1S/C16H14O3S/c1-19-16(18)13-8-7-11-10(13)4-2-5-12(11)15(17)14-6-3-9-20-14/h2-6,9,13H,7-8H2,1H3.